The van der Waals surface area contributed by atoms with Crippen molar-refractivity contribution in [2.45, 2.75) is 6.61 Å². The lowest BCUT2D eigenvalue weighted by atomic mass is 10.1. The van der Waals surface area contributed by atoms with Crippen molar-refractivity contribution in [2.75, 3.05) is 5.73 Å². The van der Waals surface area contributed by atoms with Crippen LogP contribution in [0.25, 0.3) is 0 Å². The third kappa shape index (κ3) is 3.16. The molecule has 5 heteroatoms. The fourth-order valence-corrected chi connectivity index (χ4v) is 1.57. The number of carboxylic acids is 1. The summed E-state index contributed by atoms with van der Waals surface area (Å²) in [6.07, 6.45) is 0. The first-order valence-electron chi connectivity index (χ1n) is 5.60. The number of hydrogen-bond acceptors (Lipinski definition) is 4. The van der Waals surface area contributed by atoms with E-state index in [9.17, 15) is 4.79 Å². The molecule has 2 rings (SSSR count). The molecule has 0 spiro atoms. The summed E-state index contributed by atoms with van der Waals surface area (Å²) in [7, 11) is 0. The molecule has 0 aliphatic heterocycles. The Morgan fingerprint density at radius 1 is 1.16 bits per heavy atom. The molecular weight excluding hydrogens is 246 g/mol. The zero-order valence-electron chi connectivity index (χ0n) is 10.0. The quantitative estimate of drug-likeness (QED) is 0.732. The monoisotopic (exact) mass is 259 g/mol. The normalized spacial score (nSPS) is 10.1. The van der Waals surface area contributed by atoms with Gasteiger partial charge < -0.3 is 20.7 Å². The van der Waals surface area contributed by atoms with Crippen LogP contribution in [-0.4, -0.2) is 16.2 Å². The van der Waals surface area contributed by atoms with Gasteiger partial charge in [-0.3, -0.25) is 0 Å². The van der Waals surface area contributed by atoms with Crippen LogP contribution in [0.2, 0.25) is 0 Å². The molecule has 0 saturated heterocycles. The number of anilines is 1. The van der Waals surface area contributed by atoms with Crippen LogP contribution < -0.4 is 10.5 Å². The molecule has 0 atom stereocenters. The first-order chi connectivity index (χ1) is 9.06. The van der Waals surface area contributed by atoms with Gasteiger partial charge in [0.15, 0.2) is 0 Å². The highest BCUT2D eigenvalue weighted by Gasteiger charge is 2.09. The minimum absolute atomic E-state index is 0.0169. The number of aromatic hydroxyl groups is 1. The highest BCUT2D eigenvalue weighted by Crippen LogP contribution is 2.21. The maximum atomic E-state index is 10.9. The molecule has 2 aromatic rings. The lowest BCUT2D eigenvalue weighted by molar-refractivity contribution is 0.0697. The number of hydrogen-bond donors (Lipinski definition) is 3. The summed E-state index contributed by atoms with van der Waals surface area (Å²) >= 11 is 0. The van der Waals surface area contributed by atoms with E-state index in [-0.39, 0.29) is 23.6 Å². The molecule has 0 saturated carbocycles. The molecule has 0 amide bonds. The second-order valence-corrected chi connectivity index (χ2v) is 4.01. The van der Waals surface area contributed by atoms with Crippen molar-refractivity contribution in [3.05, 3.63) is 53.6 Å². The molecule has 2 aromatic carbocycles. The first kappa shape index (κ1) is 12.8. The predicted molar refractivity (Wildman–Crippen MR) is 70.3 cm³/mol. The number of rotatable bonds is 4. The fraction of sp³-hybridized carbons (Fsp3) is 0.0714. The van der Waals surface area contributed by atoms with Crippen LogP contribution >= 0.6 is 0 Å². The number of benzene rings is 2. The summed E-state index contributed by atoms with van der Waals surface area (Å²) in [6.45, 7) is 0.281. The van der Waals surface area contributed by atoms with Gasteiger partial charge in [-0.2, -0.15) is 0 Å². The second-order valence-electron chi connectivity index (χ2n) is 4.01. The zero-order valence-corrected chi connectivity index (χ0v) is 10.0. The molecule has 0 aliphatic carbocycles. The second kappa shape index (κ2) is 5.30. The van der Waals surface area contributed by atoms with Crippen LogP contribution in [0, 0.1) is 0 Å². The molecule has 0 unspecified atom stereocenters. The molecule has 0 aromatic heterocycles. The summed E-state index contributed by atoms with van der Waals surface area (Å²) in [5, 5.41) is 18.1. The number of nitrogen functional groups attached to an aromatic ring is 1. The van der Waals surface area contributed by atoms with Gasteiger partial charge in [0.2, 0.25) is 0 Å². The Bertz CT molecular complexity index is 593. The van der Waals surface area contributed by atoms with Gasteiger partial charge in [0, 0.05) is 5.69 Å². The Morgan fingerprint density at radius 2 is 1.84 bits per heavy atom. The zero-order chi connectivity index (χ0) is 13.8. The number of phenolic OH excluding ortho intramolecular Hbond substituents is 1. The van der Waals surface area contributed by atoms with Gasteiger partial charge in [0.1, 0.15) is 18.1 Å². The van der Waals surface area contributed by atoms with Crippen molar-refractivity contribution in [1.82, 2.24) is 0 Å². The number of nitrogens with two attached hydrogens (primary N) is 1. The fourth-order valence-electron chi connectivity index (χ4n) is 1.57. The van der Waals surface area contributed by atoms with E-state index in [4.69, 9.17) is 20.7 Å². The van der Waals surface area contributed by atoms with Crippen LogP contribution in [-0.2, 0) is 6.61 Å². The smallest absolute Gasteiger partial charge is 0.337 e. The van der Waals surface area contributed by atoms with Crippen LogP contribution in [0.15, 0.2) is 42.5 Å². The van der Waals surface area contributed by atoms with Crippen LogP contribution in [0.4, 0.5) is 5.69 Å². The van der Waals surface area contributed by atoms with E-state index in [1.165, 1.54) is 12.1 Å². The Labute approximate surface area is 109 Å². The first-order valence-corrected chi connectivity index (χ1v) is 5.60. The molecule has 19 heavy (non-hydrogen) atoms. The molecule has 0 bridgehead atoms. The van der Waals surface area contributed by atoms with Crippen molar-refractivity contribution in [1.29, 1.82) is 0 Å². The summed E-state index contributed by atoms with van der Waals surface area (Å²) in [4.78, 5) is 10.9. The SMILES string of the molecule is Nc1ccc(OCc2ccc(O)cc2)cc1C(=O)O. The average molecular weight is 259 g/mol. The summed E-state index contributed by atoms with van der Waals surface area (Å²) in [6, 6.07) is 11.1. The van der Waals surface area contributed by atoms with E-state index >= 15 is 0 Å². The van der Waals surface area contributed by atoms with Crippen molar-refractivity contribution in [2.24, 2.45) is 0 Å². The van der Waals surface area contributed by atoms with E-state index < -0.39 is 5.97 Å². The number of aromatic carboxylic acids is 1. The van der Waals surface area contributed by atoms with Gasteiger partial charge in [-0.15, -0.1) is 0 Å². The Balaban J connectivity index is 2.09. The molecule has 5 nitrogen and oxygen atoms in total. The van der Waals surface area contributed by atoms with Crippen molar-refractivity contribution in [3.8, 4) is 11.5 Å². The third-order valence-corrected chi connectivity index (χ3v) is 2.60. The number of carboxylic acid groups (broad SMARTS) is 1. The largest absolute Gasteiger partial charge is 0.508 e. The number of phenols is 1. The third-order valence-electron chi connectivity index (χ3n) is 2.60. The maximum absolute atomic E-state index is 10.9. The minimum atomic E-state index is -1.09. The molecule has 0 radical (unpaired) electrons. The minimum Gasteiger partial charge on any atom is -0.508 e. The molecule has 0 aliphatic rings. The van der Waals surface area contributed by atoms with Gasteiger partial charge in [-0.1, -0.05) is 12.1 Å². The van der Waals surface area contributed by atoms with Crippen LogP contribution in [0.3, 0.4) is 0 Å². The molecule has 0 heterocycles. The Hall–Kier alpha value is -2.69. The van der Waals surface area contributed by atoms with Gasteiger partial charge in [0.05, 0.1) is 5.56 Å². The van der Waals surface area contributed by atoms with Crippen molar-refractivity contribution in [3.63, 3.8) is 0 Å². The lowest BCUT2D eigenvalue weighted by Crippen LogP contribution is -2.03. The molecule has 98 valence electrons. The Morgan fingerprint density at radius 3 is 2.47 bits per heavy atom. The predicted octanol–water partition coefficient (Wildman–Crippen LogP) is 2.25. The van der Waals surface area contributed by atoms with Gasteiger partial charge >= 0.3 is 5.97 Å². The molecule has 0 fully saturated rings. The van der Waals surface area contributed by atoms with Gasteiger partial charge in [-0.25, -0.2) is 4.79 Å². The summed E-state index contributed by atoms with van der Waals surface area (Å²) in [5.74, 6) is -0.475. The van der Waals surface area contributed by atoms with E-state index in [1.807, 2.05) is 0 Å². The summed E-state index contributed by atoms with van der Waals surface area (Å²) < 4.78 is 5.48. The highest BCUT2D eigenvalue weighted by atomic mass is 16.5. The van der Waals surface area contributed by atoms with Gasteiger partial charge in [0.25, 0.3) is 0 Å². The standard InChI is InChI=1S/C14H13NO4/c15-13-6-5-11(7-12(13)14(17)18)19-8-9-1-3-10(16)4-2-9/h1-7,16H,8,15H2,(H,17,18). The van der Waals surface area contributed by atoms with E-state index in [2.05, 4.69) is 0 Å². The van der Waals surface area contributed by atoms with Crippen LogP contribution in [0.1, 0.15) is 15.9 Å². The number of carbonyl (C=O) groups is 1. The van der Waals surface area contributed by atoms with E-state index in [1.54, 1.807) is 30.3 Å². The van der Waals surface area contributed by atoms with E-state index in [0.29, 0.717) is 5.75 Å². The lowest BCUT2D eigenvalue weighted by Gasteiger charge is -2.08. The topological polar surface area (TPSA) is 92.8 Å². The van der Waals surface area contributed by atoms with Crippen LogP contribution in [0.5, 0.6) is 11.5 Å². The molecular formula is C14H13NO4. The van der Waals surface area contributed by atoms with Gasteiger partial charge in [-0.05, 0) is 35.9 Å². The van der Waals surface area contributed by atoms with Crippen molar-refractivity contribution >= 4 is 11.7 Å². The Kier molecular flexibility index (Phi) is 3.56. The van der Waals surface area contributed by atoms with E-state index in [0.717, 1.165) is 5.56 Å². The summed E-state index contributed by atoms with van der Waals surface area (Å²) in [5.41, 5.74) is 6.63. The molecule has 4 N–H and O–H groups in total. The average Bonchev–Trinajstić information content (AvgIpc) is 2.39. The van der Waals surface area contributed by atoms with Crippen molar-refractivity contribution < 1.29 is 19.7 Å². The highest BCUT2D eigenvalue weighted by molar-refractivity contribution is 5.94. The number of ether oxygens (including phenoxy) is 1. The maximum Gasteiger partial charge on any atom is 0.337 e.